The Kier molecular flexibility index (Phi) is 4.68. The highest BCUT2D eigenvalue weighted by atomic mass is 32.1. The lowest BCUT2D eigenvalue weighted by atomic mass is 9.95. The molecule has 2 aromatic carbocycles. The number of benzene rings is 2. The topological polar surface area (TPSA) is 70.5 Å². The summed E-state index contributed by atoms with van der Waals surface area (Å²) < 4.78 is 14.2. The number of amides is 1. The molecule has 0 radical (unpaired) electrons. The minimum absolute atomic E-state index is 0.0155. The van der Waals surface area contributed by atoms with Crippen LogP contribution in [0.5, 0.6) is 0 Å². The van der Waals surface area contributed by atoms with Crippen LogP contribution in [0.1, 0.15) is 26.8 Å². The monoisotopic (exact) mass is 450 g/mol. The number of aliphatic hydroxyl groups excluding tert-OH is 1. The van der Waals surface area contributed by atoms with Crippen LogP contribution in [0.2, 0.25) is 0 Å². The van der Waals surface area contributed by atoms with Crippen molar-refractivity contribution in [2.24, 2.45) is 0 Å². The van der Waals surface area contributed by atoms with Crippen molar-refractivity contribution in [3.8, 4) is 0 Å². The largest absolute Gasteiger partial charge is 0.503 e. The van der Waals surface area contributed by atoms with Crippen LogP contribution in [-0.4, -0.2) is 21.8 Å². The number of hydrogen-bond donors (Lipinski definition) is 1. The lowest BCUT2D eigenvalue weighted by molar-refractivity contribution is -0.117. The summed E-state index contributed by atoms with van der Waals surface area (Å²) in [4.78, 5) is 32.6. The number of thiophene rings is 1. The molecule has 1 atom stereocenters. The van der Waals surface area contributed by atoms with Gasteiger partial charge in [-0.15, -0.1) is 11.3 Å². The number of carbonyl (C=O) groups is 2. The number of aryl methyl sites for hydroxylation is 1. The number of Topliss-reactive ketones (excluding diaryl/α,β-unsaturated/α-hetero) is 1. The first-order valence-corrected chi connectivity index (χ1v) is 11.1. The van der Waals surface area contributed by atoms with E-state index in [0.717, 1.165) is 16.9 Å². The molecule has 31 heavy (non-hydrogen) atoms. The second kappa shape index (κ2) is 7.40. The highest BCUT2D eigenvalue weighted by Crippen LogP contribution is 2.44. The molecule has 3 heterocycles. The third kappa shape index (κ3) is 3.24. The van der Waals surface area contributed by atoms with E-state index in [-0.39, 0.29) is 10.7 Å². The zero-order chi connectivity index (χ0) is 21.7. The second-order valence-corrected chi connectivity index (χ2v) is 9.12. The van der Waals surface area contributed by atoms with Crippen molar-refractivity contribution in [3.63, 3.8) is 0 Å². The molecule has 5 nitrogen and oxygen atoms in total. The van der Waals surface area contributed by atoms with E-state index >= 15 is 0 Å². The summed E-state index contributed by atoms with van der Waals surface area (Å²) in [5, 5.41) is 12.8. The van der Waals surface area contributed by atoms with Crippen molar-refractivity contribution in [2.75, 3.05) is 4.90 Å². The third-order valence-corrected chi connectivity index (χ3v) is 7.02. The second-order valence-electron chi connectivity index (χ2n) is 7.17. The summed E-state index contributed by atoms with van der Waals surface area (Å²) in [5.41, 5.74) is 2.25. The number of nitrogens with zero attached hydrogens (tertiary/aromatic N) is 2. The van der Waals surface area contributed by atoms with Crippen LogP contribution in [0, 0.1) is 12.7 Å². The number of rotatable bonds is 4. The Hall–Kier alpha value is -3.36. The molecular formula is C23H15FN2O3S2. The number of aliphatic hydroxyl groups is 1. The summed E-state index contributed by atoms with van der Waals surface area (Å²) in [6.07, 6.45) is 0. The van der Waals surface area contributed by atoms with Gasteiger partial charge in [-0.1, -0.05) is 47.2 Å². The highest BCUT2D eigenvalue weighted by Gasteiger charge is 2.46. The predicted molar refractivity (Wildman–Crippen MR) is 119 cm³/mol. The Labute approximate surface area is 184 Å². The van der Waals surface area contributed by atoms with Crippen molar-refractivity contribution < 1.29 is 19.1 Å². The average molecular weight is 451 g/mol. The maximum absolute atomic E-state index is 13.7. The Balaban J connectivity index is 1.68. The molecule has 1 aliphatic rings. The molecule has 0 bridgehead atoms. The Morgan fingerprint density at radius 2 is 1.94 bits per heavy atom. The molecule has 0 fully saturated rings. The molecule has 8 heteroatoms. The van der Waals surface area contributed by atoms with E-state index in [1.165, 1.54) is 34.4 Å². The van der Waals surface area contributed by atoms with E-state index in [9.17, 15) is 19.1 Å². The van der Waals surface area contributed by atoms with Gasteiger partial charge >= 0.3 is 0 Å². The fraction of sp³-hybridized carbons (Fsp3) is 0.0870. The molecular weight excluding hydrogens is 435 g/mol. The van der Waals surface area contributed by atoms with Crippen LogP contribution >= 0.6 is 22.7 Å². The fourth-order valence-electron chi connectivity index (χ4n) is 3.63. The molecule has 1 unspecified atom stereocenters. The number of ketones is 1. The molecule has 0 saturated heterocycles. The lowest BCUT2D eigenvalue weighted by Gasteiger charge is -2.24. The maximum atomic E-state index is 13.7. The molecule has 4 aromatic rings. The van der Waals surface area contributed by atoms with Gasteiger partial charge in [0.1, 0.15) is 5.82 Å². The third-order valence-electron chi connectivity index (χ3n) is 5.14. The zero-order valence-corrected chi connectivity index (χ0v) is 17.8. The van der Waals surface area contributed by atoms with E-state index < -0.39 is 29.3 Å². The number of aromatic nitrogens is 1. The smallest absolute Gasteiger partial charge is 0.296 e. The normalized spacial score (nSPS) is 16.5. The van der Waals surface area contributed by atoms with Gasteiger partial charge in [0.15, 0.2) is 10.9 Å². The van der Waals surface area contributed by atoms with Gasteiger partial charge in [0.25, 0.3) is 5.91 Å². The maximum Gasteiger partial charge on any atom is 0.296 e. The number of thiazole rings is 1. The SMILES string of the molecule is Cc1ccc(C2C(C(=O)c3cccs3)=C(O)C(=O)N2c2nc3ccc(F)cc3s2)cc1. The molecule has 1 aliphatic heterocycles. The summed E-state index contributed by atoms with van der Waals surface area (Å²) in [6, 6.07) is 14.2. The quantitative estimate of drug-likeness (QED) is 0.412. The van der Waals surface area contributed by atoms with Crippen molar-refractivity contribution in [1.29, 1.82) is 0 Å². The van der Waals surface area contributed by atoms with Gasteiger partial charge in [-0.2, -0.15) is 0 Å². The Bertz CT molecular complexity index is 1360. The van der Waals surface area contributed by atoms with E-state index in [4.69, 9.17) is 0 Å². The number of carbonyl (C=O) groups excluding carboxylic acids is 2. The molecule has 0 aliphatic carbocycles. The number of fused-ring (bicyclic) bond motifs is 1. The van der Waals surface area contributed by atoms with Crippen LogP contribution in [0.4, 0.5) is 9.52 Å². The first kappa shape index (κ1) is 19.6. The molecule has 0 spiro atoms. The first-order chi connectivity index (χ1) is 14.9. The van der Waals surface area contributed by atoms with E-state index in [0.29, 0.717) is 20.7 Å². The molecule has 5 rings (SSSR count). The number of halogens is 1. The predicted octanol–water partition coefficient (Wildman–Crippen LogP) is 5.59. The van der Waals surface area contributed by atoms with Crippen molar-refractivity contribution in [2.45, 2.75) is 13.0 Å². The minimum Gasteiger partial charge on any atom is -0.503 e. The van der Waals surface area contributed by atoms with Crippen molar-refractivity contribution in [3.05, 3.63) is 93.1 Å². The van der Waals surface area contributed by atoms with Gasteiger partial charge in [0, 0.05) is 0 Å². The van der Waals surface area contributed by atoms with Gasteiger partial charge in [-0.3, -0.25) is 14.5 Å². The standard InChI is InChI=1S/C23H15FN2O3S2/c1-12-4-6-13(7-5-12)19-18(20(27)16-3-2-10-30-16)21(28)22(29)26(19)23-25-15-9-8-14(24)11-17(15)31-23/h2-11,19,28H,1H3. The summed E-state index contributed by atoms with van der Waals surface area (Å²) in [6.45, 7) is 1.94. The van der Waals surface area contributed by atoms with Gasteiger partial charge in [0.2, 0.25) is 5.78 Å². The van der Waals surface area contributed by atoms with Gasteiger partial charge in [0.05, 0.1) is 26.7 Å². The molecule has 1 amide bonds. The first-order valence-electron chi connectivity index (χ1n) is 9.41. The highest BCUT2D eigenvalue weighted by molar-refractivity contribution is 7.22. The van der Waals surface area contributed by atoms with Crippen molar-refractivity contribution in [1.82, 2.24) is 4.98 Å². The van der Waals surface area contributed by atoms with E-state index in [1.807, 2.05) is 31.2 Å². The van der Waals surface area contributed by atoms with Gasteiger partial charge in [-0.25, -0.2) is 9.37 Å². The number of anilines is 1. The molecule has 2 aromatic heterocycles. The Morgan fingerprint density at radius 1 is 1.16 bits per heavy atom. The van der Waals surface area contributed by atoms with Crippen LogP contribution in [0.15, 0.2) is 71.3 Å². The summed E-state index contributed by atoms with van der Waals surface area (Å²) in [7, 11) is 0. The van der Waals surface area contributed by atoms with Crippen molar-refractivity contribution >= 4 is 49.7 Å². The summed E-state index contributed by atoms with van der Waals surface area (Å²) in [5.74, 6) is -2.10. The van der Waals surface area contributed by atoms with Gasteiger partial charge < -0.3 is 5.11 Å². The molecule has 1 N–H and O–H groups in total. The van der Waals surface area contributed by atoms with E-state index in [1.54, 1.807) is 17.5 Å². The zero-order valence-electron chi connectivity index (χ0n) is 16.2. The van der Waals surface area contributed by atoms with Gasteiger partial charge in [-0.05, 0) is 42.1 Å². The fourth-order valence-corrected chi connectivity index (χ4v) is 5.32. The lowest BCUT2D eigenvalue weighted by Crippen LogP contribution is -2.30. The van der Waals surface area contributed by atoms with Crippen LogP contribution < -0.4 is 4.90 Å². The van der Waals surface area contributed by atoms with Crippen LogP contribution in [-0.2, 0) is 4.79 Å². The Morgan fingerprint density at radius 3 is 2.65 bits per heavy atom. The summed E-state index contributed by atoms with van der Waals surface area (Å²) >= 11 is 2.38. The van der Waals surface area contributed by atoms with E-state index in [2.05, 4.69) is 4.98 Å². The minimum atomic E-state index is -0.840. The van der Waals surface area contributed by atoms with Crippen LogP contribution in [0.3, 0.4) is 0 Å². The number of hydrogen-bond acceptors (Lipinski definition) is 6. The average Bonchev–Trinajstić information content (AvgIpc) is 3.47. The molecule has 154 valence electrons. The van der Waals surface area contributed by atoms with Crippen LogP contribution in [0.25, 0.3) is 10.2 Å². The molecule has 0 saturated carbocycles.